The number of hydrogen-bond acceptors (Lipinski definition) is 2. The lowest BCUT2D eigenvalue weighted by atomic mass is 9.94. The summed E-state index contributed by atoms with van der Waals surface area (Å²) in [6, 6.07) is 4.65. The average Bonchev–Trinajstić information content (AvgIpc) is 2.79. The summed E-state index contributed by atoms with van der Waals surface area (Å²) >= 11 is 5.74. The van der Waals surface area contributed by atoms with Crippen LogP contribution in [0.25, 0.3) is 0 Å². The summed E-state index contributed by atoms with van der Waals surface area (Å²) in [4.78, 5) is 0. The summed E-state index contributed by atoms with van der Waals surface area (Å²) in [7, 11) is 0. The molecule has 2 nitrogen and oxygen atoms in total. The standard InChI is InChI=1S/C13H18ClFN2/c14-10-5-6-11(12(15)8-10)13(17-16)7-9-3-1-2-4-9/h5-6,8-9,13,17H,1-4,7,16H2. The van der Waals surface area contributed by atoms with E-state index in [0.717, 1.165) is 6.42 Å². The number of nitrogens with two attached hydrogens (primary N) is 1. The van der Waals surface area contributed by atoms with Gasteiger partial charge in [-0.3, -0.25) is 11.3 Å². The lowest BCUT2D eigenvalue weighted by Crippen LogP contribution is -2.30. The van der Waals surface area contributed by atoms with Crippen LogP contribution in [-0.4, -0.2) is 0 Å². The molecular formula is C13H18ClFN2. The van der Waals surface area contributed by atoms with Crippen LogP contribution in [0.2, 0.25) is 5.02 Å². The van der Waals surface area contributed by atoms with Crippen molar-refractivity contribution in [3.05, 3.63) is 34.6 Å². The highest BCUT2D eigenvalue weighted by Crippen LogP contribution is 2.33. The summed E-state index contributed by atoms with van der Waals surface area (Å²) in [6.45, 7) is 0. The number of halogens is 2. The van der Waals surface area contributed by atoms with Crippen LogP contribution in [0.5, 0.6) is 0 Å². The highest BCUT2D eigenvalue weighted by molar-refractivity contribution is 6.30. The van der Waals surface area contributed by atoms with Crippen LogP contribution in [0.3, 0.4) is 0 Å². The first-order chi connectivity index (χ1) is 8.20. The van der Waals surface area contributed by atoms with E-state index in [2.05, 4.69) is 5.43 Å². The minimum atomic E-state index is -0.279. The van der Waals surface area contributed by atoms with Crippen molar-refractivity contribution in [1.82, 2.24) is 5.43 Å². The Labute approximate surface area is 106 Å². The Morgan fingerprint density at radius 1 is 1.41 bits per heavy atom. The zero-order valence-electron chi connectivity index (χ0n) is 9.76. The Morgan fingerprint density at radius 3 is 2.71 bits per heavy atom. The first-order valence-electron chi connectivity index (χ1n) is 6.12. The molecule has 3 N–H and O–H groups in total. The monoisotopic (exact) mass is 256 g/mol. The maximum absolute atomic E-state index is 13.8. The van der Waals surface area contributed by atoms with Crippen molar-refractivity contribution in [1.29, 1.82) is 0 Å². The quantitative estimate of drug-likeness (QED) is 0.639. The molecule has 1 fully saturated rings. The second kappa shape index (κ2) is 5.80. The summed E-state index contributed by atoms with van der Waals surface area (Å²) in [6.07, 6.45) is 5.92. The lowest BCUT2D eigenvalue weighted by Gasteiger charge is -2.20. The van der Waals surface area contributed by atoms with Gasteiger partial charge in [0.2, 0.25) is 0 Å². The van der Waals surface area contributed by atoms with E-state index >= 15 is 0 Å². The molecule has 1 aliphatic rings. The zero-order valence-corrected chi connectivity index (χ0v) is 10.5. The molecule has 1 aromatic carbocycles. The van der Waals surface area contributed by atoms with Gasteiger partial charge < -0.3 is 0 Å². The largest absolute Gasteiger partial charge is 0.271 e. The van der Waals surface area contributed by atoms with E-state index in [1.807, 2.05) is 0 Å². The zero-order chi connectivity index (χ0) is 12.3. The predicted octanol–water partition coefficient (Wildman–Crippen LogP) is 3.56. The molecule has 1 saturated carbocycles. The van der Waals surface area contributed by atoms with Crippen molar-refractivity contribution in [2.45, 2.75) is 38.1 Å². The van der Waals surface area contributed by atoms with Crippen LogP contribution in [0, 0.1) is 11.7 Å². The van der Waals surface area contributed by atoms with Gasteiger partial charge in [-0.1, -0.05) is 43.4 Å². The molecule has 0 heterocycles. The third kappa shape index (κ3) is 3.18. The molecule has 0 radical (unpaired) electrons. The fourth-order valence-electron chi connectivity index (χ4n) is 2.65. The molecule has 1 aromatic rings. The molecule has 4 heteroatoms. The van der Waals surface area contributed by atoms with Crippen LogP contribution in [0.1, 0.15) is 43.7 Å². The minimum absolute atomic E-state index is 0.115. The summed E-state index contributed by atoms with van der Waals surface area (Å²) in [5.74, 6) is 5.92. The number of nitrogens with one attached hydrogen (secondary N) is 1. The molecule has 94 valence electrons. The highest BCUT2D eigenvalue weighted by Gasteiger charge is 2.22. The van der Waals surface area contributed by atoms with Crippen molar-refractivity contribution in [2.24, 2.45) is 11.8 Å². The van der Waals surface area contributed by atoms with Gasteiger partial charge in [0.25, 0.3) is 0 Å². The smallest absolute Gasteiger partial charge is 0.129 e. The maximum Gasteiger partial charge on any atom is 0.129 e. The van der Waals surface area contributed by atoms with Crippen LogP contribution >= 0.6 is 11.6 Å². The molecule has 2 rings (SSSR count). The molecular weight excluding hydrogens is 239 g/mol. The number of hydrazine groups is 1. The van der Waals surface area contributed by atoms with Gasteiger partial charge in [-0.2, -0.15) is 0 Å². The van der Waals surface area contributed by atoms with E-state index in [-0.39, 0.29) is 11.9 Å². The fourth-order valence-corrected chi connectivity index (χ4v) is 2.81. The molecule has 1 aliphatic carbocycles. The van der Waals surface area contributed by atoms with Crippen molar-refractivity contribution in [2.75, 3.05) is 0 Å². The van der Waals surface area contributed by atoms with Crippen molar-refractivity contribution in [3.8, 4) is 0 Å². The SMILES string of the molecule is NNC(CC1CCCC1)c1ccc(Cl)cc1F. The predicted molar refractivity (Wildman–Crippen MR) is 68.0 cm³/mol. The van der Waals surface area contributed by atoms with Crippen molar-refractivity contribution in [3.63, 3.8) is 0 Å². The average molecular weight is 257 g/mol. The third-order valence-corrected chi connectivity index (χ3v) is 3.82. The minimum Gasteiger partial charge on any atom is -0.271 e. The van der Waals surface area contributed by atoms with E-state index in [4.69, 9.17) is 17.4 Å². The summed E-state index contributed by atoms with van der Waals surface area (Å²) in [5.41, 5.74) is 3.34. The number of hydrogen-bond donors (Lipinski definition) is 2. The Balaban J connectivity index is 2.10. The maximum atomic E-state index is 13.8. The van der Waals surface area contributed by atoms with Gasteiger partial charge in [-0.25, -0.2) is 4.39 Å². The molecule has 0 saturated heterocycles. The van der Waals surface area contributed by atoms with E-state index in [1.54, 1.807) is 12.1 Å². The summed E-state index contributed by atoms with van der Waals surface area (Å²) < 4.78 is 13.8. The molecule has 0 bridgehead atoms. The molecule has 0 spiro atoms. The van der Waals surface area contributed by atoms with Gasteiger partial charge in [0.1, 0.15) is 5.82 Å². The molecule has 17 heavy (non-hydrogen) atoms. The van der Waals surface area contributed by atoms with Gasteiger partial charge in [-0.05, 0) is 24.5 Å². The first kappa shape index (κ1) is 12.8. The van der Waals surface area contributed by atoms with Crippen molar-refractivity contribution >= 4 is 11.6 Å². The Hall–Kier alpha value is -0.640. The van der Waals surface area contributed by atoms with Crippen molar-refractivity contribution < 1.29 is 4.39 Å². The van der Waals surface area contributed by atoms with Crippen LogP contribution in [-0.2, 0) is 0 Å². The fraction of sp³-hybridized carbons (Fsp3) is 0.538. The van der Waals surface area contributed by atoms with Gasteiger partial charge >= 0.3 is 0 Å². The van der Waals surface area contributed by atoms with Crippen LogP contribution in [0.4, 0.5) is 4.39 Å². The van der Waals surface area contributed by atoms with E-state index in [0.29, 0.717) is 16.5 Å². The van der Waals surface area contributed by atoms with Crippen LogP contribution in [0.15, 0.2) is 18.2 Å². The van der Waals surface area contributed by atoms with Gasteiger partial charge in [0.05, 0.1) is 0 Å². The van der Waals surface area contributed by atoms with Gasteiger partial charge in [0.15, 0.2) is 0 Å². The summed E-state index contributed by atoms with van der Waals surface area (Å²) in [5, 5.41) is 0.419. The highest BCUT2D eigenvalue weighted by atomic mass is 35.5. The van der Waals surface area contributed by atoms with Gasteiger partial charge in [-0.15, -0.1) is 0 Å². The molecule has 0 aliphatic heterocycles. The van der Waals surface area contributed by atoms with Gasteiger partial charge in [0, 0.05) is 16.6 Å². The Kier molecular flexibility index (Phi) is 4.37. The van der Waals surface area contributed by atoms with E-state index < -0.39 is 0 Å². The van der Waals surface area contributed by atoms with Crippen LogP contribution < -0.4 is 11.3 Å². The molecule has 0 amide bonds. The molecule has 1 unspecified atom stereocenters. The number of rotatable bonds is 4. The second-order valence-electron chi connectivity index (χ2n) is 4.77. The second-order valence-corrected chi connectivity index (χ2v) is 5.21. The Morgan fingerprint density at radius 2 is 2.12 bits per heavy atom. The normalized spacial score (nSPS) is 18.5. The third-order valence-electron chi connectivity index (χ3n) is 3.58. The van der Waals surface area contributed by atoms with E-state index in [9.17, 15) is 4.39 Å². The molecule has 0 aromatic heterocycles. The topological polar surface area (TPSA) is 38.0 Å². The number of benzene rings is 1. The Bertz CT molecular complexity index is 378. The van der Waals surface area contributed by atoms with E-state index in [1.165, 1.54) is 31.7 Å². The molecule has 1 atom stereocenters. The lowest BCUT2D eigenvalue weighted by molar-refractivity contribution is 0.390. The first-order valence-corrected chi connectivity index (χ1v) is 6.49.